The molecule has 2 aromatic carbocycles. The summed E-state index contributed by atoms with van der Waals surface area (Å²) in [7, 11) is 1.81. The standard InChI is InChI=1S/C22H22N2O3S/c1-15-21(28-20(23-15)13-16-6-4-3-5-7-16)22(25)24(2)14-17-8-9-18-19(12-17)27-11-10-26-18/h3-9,12H,10-11,13-14H2,1-2H3. The van der Waals surface area contributed by atoms with Crippen LogP contribution in [0.15, 0.2) is 48.5 Å². The molecule has 4 rings (SSSR count). The van der Waals surface area contributed by atoms with Gasteiger partial charge in [-0.05, 0) is 30.2 Å². The van der Waals surface area contributed by atoms with Gasteiger partial charge in [0.15, 0.2) is 11.5 Å². The molecule has 0 N–H and O–H groups in total. The Kier molecular flexibility index (Phi) is 5.30. The summed E-state index contributed by atoms with van der Waals surface area (Å²) >= 11 is 1.48. The number of amides is 1. The van der Waals surface area contributed by atoms with Gasteiger partial charge in [-0.15, -0.1) is 11.3 Å². The van der Waals surface area contributed by atoms with E-state index in [2.05, 4.69) is 17.1 Å². The molecule has 6 heteroatoms. The predicted octanol–water partition coefficient (Wildman–Crippen LogP) is 4.09. The van der Waals surface area contributed by atoms with Crippen molar-refractivity contribution in [3.63, 3.8) is 0 Å². The van der Waals surface area contributed by atoms with Crippen molar-refractivity contribution in [2.24, 2.45) is 0 Å². The fourth-order valence-electron chi connectivity index (χ4n) is 3.20. The van der Waals surface area contributed by atoms with E-state index in [1.807, 2.05) is 50.4 Å². The molecule has 0 radical (unpaired) electrons. The number of thiazole rings is 1. The first-order chi connectivity index (χ1) is 13.6. The zero-order valence-electron chi connectivity index (χ0n) is 16.0. The lowest BCUT2D eigenvalue weighted by molar-refractivity contribution is 0.0788. The van der Waals surface area contributed by atoms with Crippen LogP contribution in [0.2, 0.25) is 0 Å². The second-order valence-corrected chi connectivity index (χ2v) is 7.91. The number of rotatable bonds is 5. The van der Waals surface area contributed by atoms with Crippen LogP contribution in [-0.2, 0) is 13.0 Å². The Morgan fingerprint density at radius 2 is 1.82 bits per heavy atom. The number of ether oxygens (including phenoxy) is 2. The van der Waals surface area contributed by atoms with Crippen molar-refractivity contribution in [1.82, 2.24) is 9.88 Å². The van der Waals surface area contributed by atoms with Crippen LogP contribution in [0.1, 0.15) is 31.5 Å². The van der Waals surface area contributed by atoms with Crippen molar-refractivity contribution in [3.8, 4) is 11.5 Å². The Balaban J connectivity index is 1.46. The van der Waals surface area contributed by atoms with Crippen molar-refractivity contribution >= 4 is 17.2 Å². The number of carbonyl (C=O) groups excluding carboxylic acids is 1. The van der Waals surface area contributed by atoms with Gasteiger partial charge >= 0.3 is 0 Å². The van der Waals surface area contributed by atoms with Crippen LogP contribution >= 0.6 is 11.3 Å². The average Bonchev–Trinajstić information content (AvgIpc) is 3.08. The van der Waals surface area contributed by atoms with Crippen molar-refractivity contribution in [2.45, 2.75) is 19.9 Å². The van der Waals surface area contributed by atoms with Crippen molar-refractivity contribution in [3.05, 3.63) is 75.2 Å². The van der Waals surface area contributed by atoms with Gasteiger partial charge in [0.2, 0.25) is 0 Å². The van der Waals surface area contributed by atoms with Gasteiger partial charge in [0.05, 0.1) is 10.7 Å². The molecule has 0 bridgehead atoms. The third-order valence-electron chi connectivity index (χ3n) is 4.61. The van der Waals surface area contributed by atoms with Gasteiger partial charge in [0, 0.05) is 20.0 Å². The number of hydrogen-bond donors (Lipinski definition) is 0. The van der Waals surface area contributed by atoms with Gasteiger partial charge < -0.3 is 14.4 Å². The zero-order valence-corrected chi connectivity index (χ0v) is 16.8. The van der Waals surface area contributed by atoms with Crippen LogP contribution in [0.3, 0.4) is 0 Å². The fraction of sp³-hybridized carbons (Fsp3) is 0.273. The van der Waals surface area contributed by atoms with Crippen LogP contribution < -0.4 is 9.47 Å². The van der Waals surface area contributed by atoms with Crippen LogP contribution in [0.4, 0.5) is 0 Å². The first-order valence-electron chi connectivity index (χ1n) is 9.24. The lowest BCUT2D eigenvalue weighted by Crippen LogP contribution is -2.26. The highest BCUT2D eigenvalue weighted by atomic mass is 32.1. The number of hydrogen-bond acceptors (Lipinski definition) is 5. The third-order valence-corrected chi connectivity index (χ3v) is 5.75. The number of aromatic nitrogens is 1. The molecule has 0 atom stereocenters. The Morgan fingerprint density at radius 1 is 1.07 bits per heavy atom. The van der Waals surface area contributed by atoms with E-state index in [4.69, 9.17) is 9.47 Å². The van der Waals surface area contributed by atoms with E-state index < -0.39 is 0 Å². The van der Waals surface area contributed by atoms with E-state index in [1.165, 1.54) is 16.9 Å². The minimum atomic E-state index is -0.01000. The molecule has 5 nitrogen and oxygen atoms in total. The molecule has 0 spiro atoms. The summed E-state index contributed by atoms with van der Waals surface area (Å²) in [5.41, 5.74) is 2.99. The maximum absolute atomic E-state index is 13.0. The van der Waals surface area contributed by atoms with Crippen molar-refractivity contribution in [1.29, 1.82) is 0 Å². The summed E-state index contributed by atoms with van der Waals surface area (Å²) < 4.78 is 11.2. The maximum Gasteiger partial charge on any atom is 0.265 e. The summed E-state index contributed by atoms with van der Waals surface area (Å²) in [6.07, 6.45) is 0.742. The second kappa shape index (κ2) is 8.02. The molecule has 3 aromatic rings. The summed E-state index contributed by atoms with van der Waals surface area (Å²) in [6.45, 7) is 3.52. The molecular weight excluding hydrogens is 372 g/mol. The highest BCUT2D eigenvalue weighted by Crippen LogP contribution is 2.31. The van der Waals surface area contributed by atoms with Gasteiger partial charge in [-0.2, -0.15) is 0 Å². The quantitative estimate of drug-likeness (QED) is 0.654. The summed E-state index contributed by atoms with van der Waals surface area (Å²) in [5.74, 6) is 1.49. The molecular formula is C22H22N2O3S. The fourth-order valence-corrected chi connectivity index (χ4v) is 4.30. The normalized spacial score (nSPS) is 12.6. The summed E-state index contributed by atoms with van der Waals surface area (Å²) in [4.78, 5) is 20.0. The molecule has 0 saturated heterocycles. The van der Waals surface area contributed by atoms with Crippen molar-refractivity contribution in [2.75, 3.05) is 20.3 Å². The molecule has 1 amide bonds. The monoisotopic (exact) mass is 394 g/mol. The number of fused-ring (bicyclic) bond motifs is 1. The topological polar surface area (TPSA) is 51.7 Å². The van der Waals surface area contributed by atoms with Gasteiger partial charge in [-0.1, -0.05) is 36.4 Å². The van der Waals surface area contributed by atoms with Crippen molar-refractivity contribution < 1.29 is 14.3 Å². The van der Waals surface area contributed by atoms with E-state index in [0.717, 1.165) is 34.2 Å². The van der Waals surface area contributed by atoms with Gasteiger partial charge in [0.25, 0.3) is 5.91 Å². The van der Waals surface area contributed by atoms with E-state index >= 15 is 0 Å². The summed E-state index contributed by atoms with van der Waals surface area (Å²) in [5, 5.41) is 0.958. The van der Waals surface area contributed by atoms with E-state index in [9.17, 15) is 4.79 Å². The molecule has 1 aliphatic rings. The largest absolute Gasteiger partial charge is 0.486 e. The molecule has 2 heterocycles. The molecule has 1 aliphatic heterocycles. The van der Waals surface area contributed by atoms with Gasteiger partial charge in [-0.3, -0.25) is 4.79 Å². The van der Waals surface area contributed by atoms with Crippen LogP contribution in [-0.4, -0.2) is 36.1 Å². The number of aryl methyl sites for hydroxylation is 1. The Bertz CT molecular complexity index is 985. The van der Waals surface area contributed by atoms with Crippen LogP contribution in [0, 0.1) is 6.92 Å². The molecule has 144 valence electrons. The second-order valence-electron chi connectivity index (χ2n) is 6.82. The Labute approximate surface area is 168 Å². The molecule has 28 heavy (non-hydrogen) atoms. The minimum Gasteiger partial charge on any atom is -0.486 e. The lowest BCUT2D eigenvalue weighted by atomic mass is 10.1. The van der Waals surface area contributed by atoms with Crippen LogP contribution in [0.25, 0.3) is 0 Å². The summed E-state index contributed by atoms with van der Waals surface area (Å²) in [6, 6.07) is 16.0. The minimum absolute atomic E-state index is 0.01000. The van der Waals surface area contributed by atoms with Crippen LogP contribution in [0.5, 0.6) is 11.5 Å². The smallest absolute Gasteiger partial charge is 0.265 e. The third kappa shape index (κ3) is 4.02. The SMILES string of the molecule is Cc1nc(Cc2ccccc2)sc1C(=O)N(C)Cc1ccc2c(c1)OCCO2. The Morgan fingerprint density at radius 3 is 2.61 bits per heavy atom. The van der Waals surface area contributed by atoms with E-state index in [1.54, 1.807) is 4.90 Å². The molecule has 1 aromatic heterocycles. The maximum atomic E-state index is 13.0. The van der Waals surface area contributed by atoms with E-state index in [-0.39, 0.29) is 5.91 Å². The lowest BCUT2D eigenvalue weighted by Gasteiger charge is -2.21. The zero-order chi connectivity index (χ0) is 19.5. The number of benzene rings is 2. The number of nitrogens with zero attached hydrogens (tertiary/aromatic N) is 2. The van der Waals surface area contributed by atoms with E-state index in [0.29, 0.717) is 24.6 Å². The average molecular weight is 394 g/mol. The Hall–Kier alpha value is -2.86. The molecule has 0 unspecified atom stereocenters. The van der Waals surface area contributed by atoms with Gasteiger partial charge in [0.1, 0.15) is 18.1 Å². The molecule has 0 saturated carbocycles. The molecule has 0 aliphatic carbocycles. The number of carbonyl (C=O) groups is 1. The van der Waals surface area contributed by atoms with Gasteiger partial charge in [-0.25, -0.2) is 4.98 Å². The molecule has 0 fully saturated rings. The first kappa shape index (κ1) is 18.5. The highest BCUT2D eigenvalue weighted by molar-refractivity contribution is 7.13. The highest BCUT2D eigenvalue weighted by Gasteiger charge is 2.20. The predicted molar refractivity (Wildman–Crippen MR) is 109 cm³/mol. The first-order valence-corrected chi connectivity index (χ1v) is 10.1.